The van der Waals surface area contributed by atoms with E-state index >= 15 is 0 Å². The van der Waals surface area contributed by atoms with Gasteiger partial charge in [0.2, 0.25) is 0 Å². The zero-order valence-corrected chi connectivity index (χ0v) is 7.91. The van der Waals surface area contributed by atoms with Crippen molar-refractivity contribution in [3.8, 4) is 12.3 Å². The molecule has 13 heavy (non-hydrogen) atoms. The highest BCUT2D eigenvalue weighted by Gasteiger charge is 2.43. The largest absolute Gasteiger partial charge is 0.371 e. The Morgan fingerprint density at radius 1 is 1.77 bits per heavy atom. The predicted octanol–water partition coefficient (Wildman–Crippen LogP) is 0.688. The van der Waals surface area contributed by atoms with Crippen LogP contribution in [0.3, 0.4) is 0 Å². The Hall–Kier alpha value is -0.820. The van der Waals surface area contributed by atoms with Gasteiger partial charge in [-0.15, -0.1) is 6.42 Å². The number of rotatable bonds is 2. The van der Waals surface area contributed by atoms with Crippen molar-refractivity contribution >= 4 is 0 Å². The topological polar surface area (TPSA) is 38.7 Å². The van der Waals surface area contributed by atoms with Crippen molar-refractivity contribution in [2.75, 3.05) is 6.61 Å². The fraction of sp³-hybridized carbons (Fsp3) is 0.600. The molecule has 1 N–H and O–H groups in total. The lowest BCUT2D eigenvalue weighted by atomic mass is 9.99. The smallest absolute Gasteiger partial charge is 0.172 e. The molecule has 0 aromatic rings. The molecule has 1 aliphatic heterocycles. The van der Waals surface area contributed by atoms with Crippen LogP contribution in [-0.4, -0.2) is 29.2 Å². The monoisotopic (exact) mass is 182 g/mol. The van der Waals surface area contributed by atoms with Crippen LogP contribution in [0.4, 0.5) is 0 Å². The van der Waals surface area contributed by atoms with E-state index in [0.29, 0.717) is 0 Å². The Labute approximate surface area is 78.3 Å². The van der Waals surface area contributed by atoms with Crippen LogP contribution in [0.2, 0.25) is 0 Å². The highest BCUT2D eigenvalue weighted by Crippen LogP contribution is 2.29. The van der Waals surface area contributed by atoms with Crippen molar-refractivity contribution in [3.63, 3.8) is 0 Å². The van der Waals surface area contributed by atoms with Gasteiger partial charge in [-0.25, -0.2) is 0 Å². The van der Waals surface area contributed by atoms with Gasteiger partial charge >= 0.3 is 0 Å². The van der Waals surface area contributed by atoms with Gasteiger partial charge < -0.3 is 14.6 Å². The molecule has 0 aliphatic carbocycles. The van der Waals surface area contributed by atoms with Crippen molar-refractivity contribution in [3.05, 3.63) is 12.7 Å². The molecule has 3 nitrogen and oxygen atoms in total. The van der Waals surface area contributed by atoms with Gasteiger partial charge in [-0.3, -0.25) is 0 Å². The van der Waals surface area contributed by atoms with E-state index in [0.717, 1.165) is 0 Å². The Bertz CT molecular complexity index is 251. The normalized spacial score (nSPS) is 30.5. The third kappa shape index (κ3) is 1.92. The molecule has 0 bridgehead atoms. The molecule has 0 saturated carbocycles. The quantitative estimate of drug-likeness (QED) is 0.504. The minimum Gasteiger partial charge on any atom is -0.371 e. The van der Waals surface area contributed by atoms with Gasteiger partial charge in [0, 0.05) is 0 Å². The first-order valence-electron chi connectivity index (χ1n) is 4.09. The first kappa shape index (κ1) is 10.3. The fourth-order valence-corrected chi connectivity index (χ4v) is 1.19. The van der Waals surface area contributed by atoms with Gasteiger partial charge in [-0.05, 0) is 19.9 Å². The Morgan fingerprint density at radius 2 is 2.38 bits per heavy atom. The lowest BCUT2D eigenvalue weighted by Gasteiger charge is -2.25. The summed E-state index contributed by atoms with van der Waals surface area (Å²) in [7, 11) is 0. The highest BCUT2D eigenvalue weighted by atomic mass is 16.7. The van der Waals surface area contributed by atoms with E-state index in [1.54, 1.807) is 13.8 Å². The highest BCUT2D eigenvalue weighted by molar-refractivity contribution is 5.21. The van der Waals surface area contributed by atoms with E-state index < -0.39 is 17.5 Å². The van der Waals surface area contributed by atoms with Gasteiger partial charge in [0.15, 0.2) is 11.4 Å². The minimum absolute atomic E-state index is 0.277. The second-order valence-electron chi connectivity index (χ2n) is 3.49. The predicted molar refractivity (Wildman–Crippen MR) is 48.9 cm³/mol. The van der Waals surface area contributed by atoms with E-state index in [9.17, 15) is 5.11 Å². The molecule has 0 unspecified atom stereocenters. The summed E-state index contributed by atoms with van der Waals surface area (Å²) in [6.07, 6.45) is 5.94. The second kappa shape index (κ2) is 3.15. The third-order valence-corrected chi connectivity index (χ3v) is 2.04. The molecule has 1 heterocycles. The van der Waals surface area contributed by atoms with Gasteiger partial charge in [0.1, 0.15) is 6.10 Å². The zero-order valence-electron chi connectivity index (χ0n) is 7.91. The molecule has 2 atom stereocenters. The van der Waals surface area contributed by atoms with Crippen LogP contribution in [0.1, 0.15) is 13.8 Å². The van der Waals surface area contributed by atoms with Crippen molar-refractivity contribution in [1.82, 2.24) is 0 Å². The molecular weight excluding hydrogens is 168 g/mol. The van der Waals surface area contributed by atoms with Crippen molar-refractivity contribution in [1.29, 1.82) is 0 Å². The molecule has 1 aliphatic rings. The first-order valence-corrected chi connectivity index (χ1v) is 4.09. The molecule has 3 heteroatoms. The number of hydrogen-bond donors (Lipinski definition) is 1. The lowest BCUT2D eigenvalue weighted by Crippen LogP contribution is -2.41. The summed E-state index contributed by atoms with van der Waals surface area (Å²) in [5, 5.41) is 9.80. The molecular formula is C10H14O3. The molecule has 1 fully saturated rings. The summed E-state index contributed by atoms with van der Waals surface area (Å²) in [5.41, 5.74) is -1.44. The van der Waals surface area contributed by atoms with Crippen molar-refractivity contribution in [2.45, 2.75) is 31.3 Å². The molecule has 0 spiro atoms. The van der Waals surface area contributed by atoms with Crippen LogP contribution in [0, 0.1) is 12.3 Å². The average Bonchev–Trinajstić information content (AvgIpc) is 2.45. The minimum atomic E-state index is -1.44. The van der Waals surface area contributed by atoms with Gasteiger partial charge in [-0.2, -0.15) is 0 Å². The van der Waals surface area contributed by atoms with Crippen LogP contribution >= 0.6 is 0 Å². The Morgan fingerprint density at radius 3 is 2.69 bits per heavy atom. The summed E-state index contributed by atoms with van der Waals surface area (Å²) in [4.78, 5) is 0. The van der Waals surface area contributed by atoms with Crippen LogP contribution in [0.25, 0.3) is 0 Å². The fourth-order valence-electron chi connectivity index (χ4n) is 1.19. The third-order valence-electron chi connectivity index (χ3n) is 2.04. The van der Waals surface area contributed by atoms with Crippen LogP contribution in [0.15, 0.2) is 12.7 Å². The average molecular weight is 182 g/mol. The molecule has 0 aromatic heterocycles. The van der Waals surface area contributed by atoms with Gasteiger partial charge in [-0.1, -0.05) is 12.5 Å². The number of aliphatic hydroxyl groups is 1. The van der Waals surface area contributed by atoms with E-state index in [1.165, 1.54) is 6.08 Å². The molecule has 0 amide bonds. The second-order valence-corrected chi connectivity index (χ2v) is 3.49. The zero-order chi connectivity index (χ0) is 10.1. The summed E-state index contributed by atoms with van der Waals surface area (Å²) in [6, 6.07) is 0. The van der Waals surface area contributed by atoms with Gasteiger partial charge in [0.05, 0.1) is 6.61 Å². The maximum atomic E-state index is 9.80. The van der Waals surface area contributed by atoms with Crippen molar-refractivity contribution < 1.29 is 14.6 Å². The number of ether oxygens (including phenoxy) is 2. The molecule has 1 saturated heterocycles. The summed E-state index contributed by atoms with van der Waals surface area (Å²) >= 11 is 0. The first-order chi connectivity index (χ1) is 5.93. The van der Waals surface area contributed by atoms with Crippen molar-refractivity contribution in [2.24, 2.45) is 0 Å². The van der Waals surface area contributed by atoms with E-state index in [4.69, 9.17) is 15.9 Å². The maximum Gasteiger partial charge on any atom is 0.172 e. The Kier molecular flexibility index (Phi) is 2.49. The standard InChI is InChI=1S/C10H14O3/c1-5-10(11,6-2)8-7-12-9(3,4)13-8/h1,6,8,11H,2,7H2,3-4H3/t8-,10+/m0/s1. The summed E-state index contributed by atoms with van der Waals surface area (Å²) < 4.78 is 10.7. The summed E-state index contributed by atoms with van der Waals surface area (Å²) in [5.74, 6) is 1.56. The number of terminal acetylenes is 1. The Balaban J connectivity index is 2.76. The van der Waals surface area contributed by atoms with Crippen LogP contribution in [-0.2, 0) is 9.47 Å². The molecule has 72 valence electrons. The SMILES string of the molecule is C#C[C@@](O)(C=C)[C@@H]1COC(C)(C)O1. The van der Waals surface area contributed by atoms with E-state index in [-0.39, 0.29) is 6.61 Å². The van der Waals surface area contributed by atoms with Crippen LogP contribution < -0.4 is 0 Å². The molecule has 0 aromatic carbocycles. The number of hydrogen-bond acceptors (Lipinski definition) is 3. The van der Waals surface area contributed by atoms with E-state index in [1.807, 2.05) is 0 Å². The lowest BCUT2D eigenvalue weighted by molar-refractivity contribution is -0.154. The van der Waals surface area contributed by atoms with Gasteiger partial charge in [0.25, 0.3) is 0 Å². The molecule has 0 radical (unpaired) electrons. The summed E-state index contributed by atoms with van der Waals surface area (Å²) in [6.45, 7) is 7.29. The maximum absolute atomic E-state index is 9.80. The van der Waals surface area contributed by atoms with Crippen LogP contribution in [0.5, 0.6) is 0 Å². The van der Waals surface area contributed by atoms with E-state index in [2.05, 4.69) is 12.5 Å². The molecule has 1 rings (SSSR count).